The Balaban J connectivity index is 2.84. The van der Waals surface area contributed by atoms with Gasteiger partial charge in [-0.2, -0.15) is 0 Å². The summed E-state index contributed by atoms with van der Waals surface area (Å²) in [5, 5.41) is 1.89. The molecule has 2 nitrogen and oxygen atoms in total. The molecule has 10 heavy (non-hydrogen) atoms. The van der Waals surface area contributed by atoms with Crippen molar-refractivity contribution in [3.63, 3.8) is 0 Å². The summed E-state index contributed by atoms with van der Waals surface area (Å²) in [4.78, 5) is 8.51. The summed E-state index contributed by atoms with van der Waals surface area (Å²) >= 11 is 0. The van der Waals surface area contributed by atoms with Crippen LogP contribution >= 0.6 is 0 Å². The zero-order valence-electron chi connectivity index (χ0n) is 5.54. The van der Waals surface area contributed by atoms with Crippen LogP contribution in [0, 0.1) is 6.07 Å². The molecule has 0 unspecified atom stereocenters. The van der Waals surface area contributed by atoms with Crippen LogP contribution in [0.25, 0.3) is 0 Å². The van der Waals surface area contributed by atoms with Gasteiger partial charge in [0.1, 0.15) is 0 Å². The van der Waals surface area contributed by atoms with E-state index in [2.05, 4.69) is 16.1 Å². The van der Waals surface area contributed by atoms with E-state index in [1.54, 1.807) is 0 Å². The molecule has 1 heterocycles. The molecular formula is C8H7N2. The summed E-state index contributed by atoms with van der Waals surface area (Å²) in [5.74, 6) is 0. The van der Waals surface area contributed by atoms with Crippen LogP contribution in [0.2, 0.25) is 0 Å². The molecule has 2 rings (SSSR count). The summed E-state index contributed by atoms with van der Waals surface area (Å²) in [6, 6.07) is 8.79. The summed E-state index contributed by atoms with van der Waals surface area (Å²) in [5.41, 5.74) is 0. The smallest absolute Gasteiger partial charge is 0.0906 e. The predicted octanol–water partition coefficient (Wildman–Crippen LogP) is -0.260. The molecule has 1 aliphatic rings. The van der Waals surface area contributed by atoms with Gasteiger partial charge >= 0.3 is 0 Å². The first kappa shape index (κ1) is 5.59. The minimum Gasteiger partial charge on any atom is -0.281 e. The molecule has 1 aromatic carbocycles. The highest BCUT2D eigenvalue weighted by Gasteiger charge is 1.91. The van der Waals surface area contributed by atoms with E-state index in [4.69, 9.17) is 0 Å². The van der Waals surface area contributed by atoms with Gasteiger partial charge < -0.3 is 0 Å². The van der Waals surface area contributed by atoms with Crippen LogP contribution < -0.4 is 10.7 Å². The zero-order valence-corrected chi connectivity index (χ0v) is 5.54. The fourth-order valence-electron chi connectivity index (χ4n) is 1.01. The second-order valence-corrected chi connectivity index (χ2v) is 2.17. The van der Waals surface area contributed by atoms with Gasteiger partial charge in [0.2, 0.25) is 0 Å². The average Bonchev–Trinajstić information content (AvgIpc) is 2.05. The van der Waals surface area contributed by atoms with E-state index in [0.717, 1.165) is 23.8 Å². The highest BCUT2D eigenvalue weighted by atomic mass is 14.8. The molecule has 0 fully saturated rings. The van der Waals surface area contributed by atoms with Gasteiger partial charge in [-0.1, -0.05) is 12.1 Å². The number of para-hydroxylation sites is 1. The van der Waals surface area contributed by atoms with E-state index in [-0.39, 0.29) is 0 Å². The number of rotatable bonds is 0. The molecule has 0 aliphatic carbocycles. The third kappa shape index (κ3) is 0.817. The number of hydrogen-bond acceptors (Lipinski definition) is 2. The lowest BCUT2D eigenvalue weighted by molar-refractivity contribution is 0.863. The number of fused-ring (bicyclic) bond motifs is 1. The second kappa shape index (κ2) is 2.21. The molecule has 0 saturated carbocycles. The SMILES string of the molecule is [c]1cccc2c1=NCCN=2. The van der Waals surface area contributed by atoms with Gasteiger partial charge in [-0.15, -0.1) is 0 Å². The number of benzene rings is 1. The van der Waals surface area contributed by atoms with Gasteiger partial charge in [0.15, 0.2) is 0 Å². The number of hydrogen-bond donors (Lipinski definition) is 0. The van der Waals surface area contributed by atoms with Crippen LogP contribution in [-0.4, -0.2) is 13.1 Å². The Morgan fingerprint density at radius 2 is 2.20 bits per heavy atom. The van der Waals surface area contributed by atoms with Gasteiger partial charge in [-0.05, 0) is 6.07 Å². The third-order valence-electron chi connectivity index (χ3n) is 1.47. The van der Waals surface area contributed by atoms with Crippen LogP contribution in [0.1, 0.15) is 0 Å². The second-order valence-electron chi connectivity index (χ2n) is 2.17. The van der Waals surface area contributed by atoms with Crippen LogP contribution in [0.3, 0.4) is 0 Å². The molecule has 0 spiro atoms. The van der Waals surface area contributed by atoms with Crippen molar-refractivity contribution in [1.82, 2.24) is 0 Å². The molecule has 1 aliphatic heterocycles. The van der Waals surface area contributed by atoms with Crippen LogP contribution in [0.5, 0.6) is 0 Å². The van der Waals surface area contributed by atoms with Crippen molar-refractivity contribution in [3.05, 3.63) is 35.0 Å². The largest absolute Gasteiger partial charge is 0.281 e. The molecule has 49 valence electrons. The Kier molecular flexibility index (Phi) is 1.24. The van der Waals surface area contributed by atoms with E-state index < -0.39 is 0 Å². The van der Waals surface area contributed by atoms with Gasteiger partial charge in [0.25, 0.3) is 0 Å². The summed E-state index contributed by atoms with van der Waals surface area (Å²) in [6.07, 6.45) is 0. The Bertz CT molecular complexity index is 306. The van der Waals surface area contributed by atoms with Crippen LogP contribution in [0.15, 0.2) is 28.2 Å². The fraction of sp³-hybridized carbons (Fsp3) is 0.250. The molecule has 0 N–H and O–H groups in total. The molecule has 0 saturated heterocycles. The molecular weight excluding hydrogens is 124 g/mol. The first-order valence-electron chi connectivity index (χ1n) is 3.32. The lowest BCUT2D eigenvalue weighted by Gasteiger charge is -1.95. The van der Waals surface area contributed by atoms with Crippen LogP contribution in [-0.2, 0) is 0 Å². The van der Waals surface area contributed by atoms with Gasteiger partial charge in [-0.25, -0.2) is 0 Å². The number of nitrogens with zero attached hydrogens (tertiary/aromatic N) is 2. The summed E-state index contributed by atoms with van der Waals surface area (Å²) in [6.45, 7) is 1.64. The Labute approximate surface area is 58.9 Å². The summed E-state index contributed by atoms with van der Waals surface area (Å²) in [7, 11) is 0. The van der Waals surface area contributed by atoms with Crippen molar-refractivity contribution in [2.24, 2.45) is 9.98 Å². The topological polar surface area (TPSA) is 24.7 Å². The van der Waals surface area contributed by atoms with Gasteiger partial charge in [0.05, 0.1) is 23.8 Å². The van der Waals surface area contributed by atoms with E-state index in [1.165, 1.54) is 0 Å². The van der Waals surface area contributed by atoms with Crippen LogP contribution in [0.4, 0.5) is 0 Å². The maximum absolute atomic E-state index is 4.27. The van der Waals surface area contributed by atoms with Crippen molar-refractivity contribution in [2.45, 2.75) is 0 Å². The average molecular weight is 131 g/mol. The fourth-order valence-corrected chi connectivity index (χ4v) is 1.01. The lowest BCUT2D eigenvalue weighted by Crippen LogP contribution is -2.29. The lowest BCUT2D eigenvalue weighted by atomic mass is 10.3. The zero-order chi connectivity index (χ0) is 6.81. The summed E-state index contributed by atoms with van der Waals surface area (Å²) < 4.78 is 0. The molecule has 0 atom stereocenters. The Morgan fingerprint density at radius 1 is 1.30 bits per heavy atom. The monoisotopic (exact) mass is 131 g/mol. The molecule has 1 aromatic rings. The normalized spacial score (nSPS) is 14.8. The van der Waals surface area contributed by atoms with Crippen molar-refractivity contribution in [2.75, 3.05) is 13.1 Å². The Morgan fingerprint density at radius 3 is 3.10 bits per heavy atom. The van der Waals surface area contributed by atoms with Gasteiger partial charge in [-0.3, -0.25) is 9.98 Å². The minimum absolute atomic E-state index is 0.813. The molecule has 1 radical (unpaired) electrons. The quantitative estimate of drug-likeness (QED) is 0.463. The molecule has 0 aromatic heterocycles. The Hall–Kier alpha value is -1.18. The van der Waals surface area contributed by atoms with Crippen molar-refractivity contribution in [1.29, 1.82) is 0 Å². The highest BCUT2D eigenvalue weighted by Crippen LogP contribution is 1.77. The van der Waals surface area contributed by atoms with Gasteiger partial charge in [0, 0.05) is 6.07 Å². The van der Waals surface area contributed by atoms with E-state index in [1.807, 2.05) is 18.2 Å². The third-order valence-corrected chi connectivity index (χ3v) is 1.47. The first-order chi connectivity index (χ1) is 4.97. The predicted molar refractivity (Wildman–Crippen MR) is 37.3 cm³/mol. The highest BCUT2D eigenvalue weighted by molar-refractivity contribution is 5.00. The first-order valence-corrected chi connectivity index (χ1v) is 3.32. The minimum atomic E-state index is 0.813. The van der Waals surface area contributed by atoms with E-state index in [9.17, 15) is 0 Å². The molecule has 0 amide bonds. The van der Waals surface area contributed by atoms with Crippen molar-refractivity contribution >= 4 is 0 Å². The van der Waals surface area contributed by atoms with E-state index in [0.29, 0.717) is 0 Å². The maximum Gasteiger partial charge on any atom is 0.0906 e. The maximum atomic E-state index is 4.27. The van der Waals surface area contributed by atoms with E-state index >= 15 is 0 Å². The standard InChI is InChI=1S/C8H7N2/c1-2-4-8-7(3-1)9-5-6-10-8/h1-3H,5-6H2. The molecule has 2 heteroatoms. The molecule has 0 bridgehead atoms. The van der Waals surface area contributed by atoms with Crippen molar-refractivity contribution in [3.8, 4) is 0 Å². The van der Waals surface area contributed by atoms with Crippen molar-refractivity contribution < 1.29 is 0 Å².